The molecule has 4 aromatic rings. The van der Waals surface area contributed by atoms with E-state index < -0.39 is 5.56 Å². The van der Waals surface area contributed by atoms with E-state index in [1.165, 1.54) is 23.0 Å². The summed E-state index contributed by atoms with van der Waals surface area (Å²) in [4.78, 5) is 24.9. The molecule has 28 heavy (non-hydrogen) atoms. The fourth-order valence-corrected chi connectivity index (χ4v) is 2.79. The van der Waals surface area contributed by atoms with Crippen molar-refractivity contribution in [3.63, 3.8) is 0 Å². The van der Waals surface area contributed by atoms with Crippen LogP contribution in [0.2, 0.25) is 0 Å². The topological polar surface area (TPSA) is 81.3 Å². The van der Waals surface area contributed by atoms with Gasteiger partial charge in [0.1, 0.15) is 24.2 Å². The molecule has 0 aliphatic rings. The summed E-state index contributed by atoms with van der Waals surface area (Å²) in [5.74, 6) is -0.711. The number of aryl methyl sites for hydroxylation is 1. The largest absolute Gasteiger partial charge is 0.324 e. The summed E-state index contributed by atoms with van der Waals surface area (Å²) in [5.41, 5.74) is 2.75. The summed E-state index contributed by atoms with van der Waals surface area (Å²) in [6.07, 6.45) is 1.36. The van der Waals surface area contributed by atoms with Gasteiger partial charge in [-0.15, -0.1) is 0 Å². The first-order chi connectivity index (χ1) is 13.5. The number of carbonyl (C=O) groups excluding carboxylic acids is 1. The number of nitrogens with one attached hydrogen (secondary N) is 1. The lowest BCUT2D eigenvalue weighted by Gasteiger charge is -2.07. The number of hydrogen-bond donors (Lipinski definition) is 1. The van der Waals surface area contributed by atoms with Gasteiger partial charge in [0.05, 0.1) is 5.69 Å². The summed E-state index contributed by atoms with van der Waals surface area (Å²) in [5, 5.41) is 11.0. The predicted molar refractivity (Wildman–Crippen MR) is 102 cm³/mol. The molecule has 4 rings (SSSR count). The Labute approximate surface area is 159 Å². The van der Waals surface area contributed by atoms with Gasteiger partial charge in [-0.25, -0.2) is 13.6 Å². The minimum absolute atomic E-state index is 0.222. The second-order valence-electron chi connectivity index (χ2n) is 6.37. The van der Waals surface area contributed by atoms with E-state index in [4.69, 9.17) is 0 Å². The second kappa shape index (κ2) is 7.07. The number of halogens is 1. The molecule has 1 amide bonds. The van der Waals surface area contributed by atoms with Crippen molar-refractivity contribution in [1.29, 1.82) is 0 Å². The van der Waals surface area contributed by atoms with Crippen molar-refractivity contribution in [3.8, 4) is 11.3 Å². The molecule has 2 aromatic heterocycles. The number of anilines is 1. The maximum absolute atomic E-state index is 13.1. The van der Waals surface area contributed by atoms with Gasteiger partial charge in [0.2, 0.25) is 5.91 Å². The van der Waals surface area contributed by atoms with Gasteiger partial charge in [-0.1, -0.05) is 17.7 Å². The lowest BCUT2D eigenvalue weighted by atomic mass is 10.1. The maximum atomic E-state index is 13.1. The monoisotopic (exact) mass is 377 g/mol. The van der Waals surface area contributed by atoms with Crippen molar-refractivity contribution in [1.82, 2.24) is 19.4 Å². The predicted octanol–water partition coefficient (Wildman–Crippen LogP) is 2.64. The van der Waals surface area contributed by atoms with E-state index in [9.17, 15) is 14.0 Å². The Morgan fingerprint density at radius 3 is 2.54 bits per heavy atom. The molecule has 0 unspecified atom stereocenters. The third kappa shape index (κ3) is 3.52. The fourth-order valence-electron chi connectivity index (χ4n) is 2.79. The standard InChI is InChI=1S/C20H16FN5O2/c1-13-2-8-16(9-3-13)23-19(27)11-25-20(28)18-10-17(24-26(18)12-22-25)14-4-6-15(21)7-5-14/h2-10,12H,11H2,1H3,(H,23,27). The van der Waals surface area contributed by atoms with E-state index in [1.807, 2.05) is 19.1 Å². The van der Waals surface area contributed by atoms with Gasteiger partial charge in [-0.05, 0) is 49.4 Å². The number of benzene rings is 2. The molecule has 7 nitrogen and oxygen atoms in total. The zero-order valence-corrected chi connectivity index (χ0v) is 15.0. The molecule has 0 spiro atoms. The van der Waals surface area contributed by atoms with Crippen LogP contribution in [0.1, 0.15) is 5.56 Å². The minimum atomic E-state index is -0.442. The lowest BCUT2D eigenvalue weighted by Crippen LogP contribution is -2.30. The molecule has 0 saturated carbocycles. The number of amides is 1. The van der Waals surface area contributed by atoms with Crippen molar-refractivity contribution in [2.45, 2.75) is 13.5 Å². The van der Waals surface area contributed by atoms with E-state index >= 15 is 0 Å². The Balaban J connectivity index is 1.59. The van der Waals surface area contributed by atoms with Gasteiger partial charge in [0.15, 0.2) is 0 Å². The Morgan fingerprint density at radius 1 is 1.11 bits per heavy atom. The number of rotatable bonds is 4. The molecule has 140 valence electrons. The average Bonchev–Trinajstić information content (AvgIpc) is 3.12. The number of carbonyl (C=O) groups is 1. The molecule has 0 fully saturated rings. The molecule has 0 radical (unpaired) electrons. The molecular weight excluding hydrogens is 361 g/mol. The quantitative estimate of drug-likeness (QED) is 0.593. The zero-order valence-electron chi connectivity index (χ0n) is 15.0. The smallest absolute Gasteiger partial charge is 0.293 e. The first-order valence-electron chi connectivity index (χ1n) is 8.57. The van der Waals surface area contributed by atoms with Crippen LogP contribution in [0.3, 0.4) is 0 Å². The van der Waals surface area contributed by atoms with Crippen LogP contribution in [0.4, 0.5) is 10.1 Å². The van der Waals surface area contributed by atoms with Crippen LogP contribution in [0.5, 0.6) is 0 Å². The summed E-state index contributed by atoms with van der Waals surface area (Å²) in [6.45, 7) is 1.73. The van der Waals surface area contributed by atoms with Gasteiger partial charge in [-0.2, -0.15) is 10.2 Å². The molecule has 1 N–H and O–H groups in total. The van der Waals surface area contributed by atoms with E-state index in [2.05, 4.69) is 15.5 Å². The second-order valence-corrected chi connectivity index (χ2v) is 6.37. The summed E-state index contributed by atoms with van der Waals surface area (Å²) in [6, 6.07) is 14.8. The van der Waals surface area contributed by atoms with Crippen LogP contribution < -0.4 is 10.9 Å². The first kappa shape index (κ1) is 17.6. The highest BCUT2D eigenvalue weighted by Gasteiger charge is 2.12. The van der Waals surface area contributed by atoms with Crippen LogP contribution >= 0.6 is 0 Å². The molecule has 0 bridgehead atoms. The highest BCUT2D eigenvalue weighted by molar-refractivity contribution is 5.90. The van der Waals surface area contributed by atoms with Gasteiger partial charge >= 0.3 is 0 Å². The van der Waals surface area contributed by atoms with Crippen molar-refractivity contribution < 1.29 is 9.18 Å². The molecule has 0 atom stereocenters. The maximum Gasteiger partial charge on any atom is 0.293 e. The molecule has 2 aromatic carbocycles. The summed E-state index contributed by atoms with van der Waals surface area (Å²) < 4.78 is 15.5. The van der Waals surface area contributed by atoms with Crippen molar-refractivity contribution in [2.24, 2.45) is 0 Å². The fraction of sp³-hybridized carbons (Fsp3) is 0.100. The van der Waals surface area contributed by atoms with Crippen LogP contribution in [0.25, 0.3) is 16.8 Å². The van der Waals surface area contributed by atoms with Gasteiger partial charge < -0.3 is 5.32 Å². The van der Waals surface area contributed by atoms with Crippen molar-refractivity contribution >= 4 is 17.1 Å². The third-order valence-electron chi connectivity index (χ3n) is 4.26. The van der Waals surface area contributed by atoms with Crippen LogP contribution in [0.15, 0.2) is 65.7 Å². The van der Waals surface area contributed by atoms with Gasteiger partial charge in [0, 0.05) is 11.3 Å². The first-order valence-corrected chi connectivity index (χ1v) is 8.57. The van der Waals surface area contributed by atoms with E-state index in [0.717, 1.165) is 10.2 Å². The average molecular weight is 377 g/mol. The Bertz CT molecular complexity index is 1210. The Hall–Kier alpha value is -3.81. The number of hydrogen-bond acceptors (Lipinski definition) is 4. The third-order valence-corrected chi connectivity index (χ3v) is 4.26. The van der Waals surface area contributed by atoms with Gasteiger partial charge in [0.25, 0.3) is 5.56 Å². The zero-order chi connectivity index (χ0) is 19.7. The highest BCUT2D eigenvalue weighted by Crippen LogP contribution is 2.18. The lowest BCUT2D eigenvalue weighted by molar-refractivity contribution is -0.117. The molecule has 0 aliphatic carbocycles. The minimum Gasteiger partial charge on any atom is -0.324 e. The van der Waals surface area contributed by atoms with Crippen molar-refractivity contribution in [2.75, 3.05) is 5.32 Å². The molecule has 0 aliphatic heterocycles. The number of aromatic nitrogens is 4. The summed E-state index contributed by atoms with van der Waals surface area (Å²) >= 11 is 0. The Morgan fingerprint density at radius 2 is 1.82 bits per heavy atom. The van der Waals surface area contributed by atoms with E-state index in [-0.39, 0.29) is 23.8 Å². The Kier molecular flexibility index (Phi) is 4.44. The number of nitrogens with zero attached hydrogens (tertiary/aromatic N) is 4. The molecule has 8 heteroatoms. The normalized spacial score (nSPS) is 10.9. The molecule has 2 heterocycles. The van der Waals surface area contributed by atoms with Crippen LogP contribution in [0, 0.1) is 12.7 Å². The molecular formula is C20H16FN5O2. The molecule has 0 saturated heterocycles. The number of fused-ring (bicyclic) bond motifs is 1. The van der Waals surface area contributed by atoms with E-state index in [1.54, 1.807) is 30.3 Å². The van der Waals surface area contributed by atoms with Crippen LogP contribution in [-0.2, 0) is 11.3 Å². The van der Waals surface area contributed by atoms with Crippen molar-refractivity contribution in [3.05, 3.63) is 82.7 Å². The van der Waals surface area contributed by atoms with E-state index in [0.29, 0.717) is 16.9 Å². The summed E-state index contributed by atoms with van der Waals surface area (Å²) in [7, 11) is 0. The SMILES string of the molecule is Cc1ccc(NC(=O)Cn2ncn3nc(-c4ccc(F)cc4)cc3c2=O)cc1. The van der Waals surface area contributed by atoms with Gasteiger partial charge in [-0.3, -0.25) is 9.59 Å². The van der Waals surface area contributed by atoms with Crippen LogP contribution in [-0.4, -0.2) is 25.3 Å². The highest BCUT2D eigenvalue weighted by atomic mass is 19.1.